The number of rotatable bonds is 12. The quantitative estimate of drug-likeness (QED) is 0.120. The predicted molar refractivity (Wildman–Crippen MR) is 381 cm³/mol. The minimum atomic E-state index is -0.742. The molecule has 0 N–H and O–H groups in total. The molecule has 14 aromatic carbocycles. The van der Waals surface area contributed by atoms with E-state index in [9.17, 15) is 0 Å². The van der Waals surface area contributed by atoms with Crippen LogP contribution in [0.25, 0.3) is 96.0 Å². The number of benzene rings is 14. The molecule has 0 saturated heterocycles. The molecule has 2 aromatic heterocycles. The van der Waals surface area contributed by atoms with Gasteiger partial charge in [-0.05, 0) is 127 Å². The van der Waals surface area contributed by atoms with Gasteiger partial charge in [0.1, 0.15) is 0 Å². The maximum atomic E-state index is 2.52. The Labute approximate surface area is 526 Å². The van der Waals surface area contributed by atoms with Crippen LogP contribution in [0.5, 0.6) is 0 Å². The molecular weight excluding hydrogens is 1110 g/mol. The van der Waals surface area contributed by atoms with E-state index in [4.69, 9.17) is 0 Å². The molecule has 2 nitrogen and oxygen atoms in total. The molecule has 16 aromatic rings. The van der Waals surface area contributed by atoms with E-state index in [0.29, 0.717) is 0 Å². The van der Waals surface area contributed by atoms with Gasteiger partial charge in [-0.15, -0.1) is 22.7 Å². The van der Waals surface area contributed by atoms with Crippen LogP contribution in [0.4, 0.5) is 34.1 Å². The van der Waals surface area contributed by atoms with E-state index < -0.39 is 5.41 Å². The van der Waals surface area contributed by atoms with E-state index >= 15 is 0 Å². The van der Waals surface area contributed by atoms with Crippen LogP contribution >= 0.6 is 22.7 Å². The van der Waals surface area contributed by atoms with Crippen molar-refractivity contribution in [3.63, 3.8) is 0 Å². The van der Waals surface area contributed by atoms with Gasteiger partial charge >= 0.3 is 0 Å². The minimum absolute atomic E-state index is 0.742. The van der Waals surface area contributed by atoms with Crippen molar-refractivity contribution in [3.8, 4) is 54.3 Å². The molecule has 0 spiro atoms. The van der Waals surface area contributed by atoms with Crippen LogP contribution in [-0.2, 0) is 5.41 Å². The molecule has 89 heavy (non-hydrogen) atoms. The highest BCUT2D eigenvalue weighted by molar-refractivity contribution is 7.23. The van der Waals surface area contributed by atoms with Crippen molar-refractivity contribution in [3.05, 3.63) is 362 Å². The van der Waals surface area contributed by atoms with Crippen molar-refractivity contribution >= 4 is 98.5 Å². The largest absolute Gasteiger partial charge is 0.310 e. The summed E-state index contributed by atoms with van der Waals surface area (Å²) >= 11 is 3.75. The lowest BCUT2D eigenvalue weighted by molar-refractivity contribution is 0.768. The summed E-state index contributed by atoms with van der Waals surface area (Å²) in [6.45, 7) is 0. The average Bonchev–Trinajstić information content (AvgIpc) is 1.57. The zero-order valence-corrected chi connectivity index (χ0v) is 50.2. The predicted octanol–water partition coefficient (Wildman–Crippen LogP) is 24.4. The van der Waals surface area contributed by atoms with Crippen LogP contribution in [0.3, 0.4) is 0 Å². The van der Waals surface area contributed by atoms with Crippen molar-refractivity contribution in [1.29, 1.82) is 0 Å². The first-order chi connectivity index (χ1) is 44.2. The lowest BCUT2D eigenvalue weighted by Gasteiger charge is -2.36. The molecule has 418 valence electrons. The van der Waals surface area contributed by atoms with E-state index in [2.05, 4.69) is 350 Å². The van der Waals surface area contributed by atoms with E-state index in [1.807, 2.05) is 22.7 Å². The van der Waals surface area contributed by atoms with Crippen LogP contribution in [0.2, 0.25) is 0 Å². The highest BCUT2D eigenvalue weighted by Crippen LogP contribution is 2.60. The number of nitrogens with zero attached hydrogens (tertiary/aromatic N) is 2. The molecular formula is C85H56N2S2. The Kier molecular flexibility index (Phi) is 12.9. The number of hydrogen-bond donors (Lipinski definition) is 0. The van der Waals surface area contributed by atoms with Gasteiger partial charge in [0.15, 0.2) is 0 Å². The molecule has 0 fully saturated rings. The van der Waals surface area contributed by atoms with Crippen LogP contribution < -0.4 is 9.80 Å². The Morgan fingerprint density at radius 1 is 0.247 bits per heavy atom. The van der Waals surface area contributed by atoms with Crippen LogP contribution in [0.1, 0.15) is 22.3 Å². The fourth-order valence-electron chi connectivity index (χ4n) is 14.2. The maximum Gasteiger partial charge on any atom is 0.0715 e. The van der Waals surface area contributed by atoms with Gasteiger partial charge in [0.2, 0.25) is 0 Å². The van der Waals surface area contributed by atoms with Crippen molar-refractivity contribution in [2.45, 2.75) is 5.41 Å². The number of anilines is 6. The minimum Gasteiger partial charge on any atom is -0.310 e. The number of thiophene rings is 2. The van der Waals surface area contributed by atoms with Crippen LogP contribution in [-0.4, -0.2) is 0 Å². The third-order valence-corrected chi connectivity index (χ3v) is 20.5. The van der Waals surface area contributed by atoms with E-state index in [1.165, 1.54) is 118 Å². The smallest absolute Gasteiger partial charge is 0.0715 e. The van der Waals surface area contributed by atoms with Crippen molar-refractivity contribution < 1.29 is 0 Å². The molecule has 0 unspecified atom stereocenters. The molecule has 17 rings (SSSR count). The Morgan fingerprint density at radius 2 is 0.573 bits per heavy atom. The van der Waals surface area contributed by atoms with Gasteiger partial charge in [-0.2, -0.15) is 0 Å². The first-order valence-corrected chi connectivity index (χ1v) is 32.1. The van der Waals surface area contributed by atoms with E-state index in [1.54, 1.807) is 0 Å². The summed E-state index contributed by atoms with van der Waals surface area (Å²) < 4.78 is 2.47. The average molecular weight is 1170 g/mol. The second-order valence-electron chi connectivity index (χ2n) is 23.0. The Hall–Kier alpha value is -10.9. The Bertz CT molecular complexity index is 4960. The van der Waals surface area contributed by atoms with E-state index in [-0.39, 0.29) is 0 Å². The SMILES string of the molecule is c1ccc(-c2sc3cc(N(c4ccc5c(c4)C(c4ccccc4)(c4ccccc4)c4cc(N(c6ccc7c(-c8ccccc8)c(-c8ccccc8)sc7c6)c6cccc7ccccc67)ccc4-5)c4cccc5ccccc45)ccc3c2-c2ccccc2)cc1. The summed E-state index contributed by atoms with van der Waals surface area (Å²) in [4.78, 5) is 7.56. The third-order valence-electron chi connectivity index (χ3n) is 18.1. The summed E-state index contributed by atoms with van der Waals surface area (Å²) in [5, 5.41) is 7.24. The Morgan fingerprint density at radius 3 is 0.978 bits per heavy atom. The molecule has 0 bridgehead atoms. The third kappa shape index (κ3) is 8.74. The number of hydrogen-bond acceptors (Lipinski definition) is 4. The number of fused-ring (bicyclic) bond motifs is 7. The van der Waals surface area contributed by atoms with Crippen LogP contribution in [0, 0.1) is 0 Å². The van der Waals surface area contributed by atoms with Crippen molar-refractivity contribution in [2.24, 2.45) is 0 Å². The highest BCUT2D eigenvalue weighted by atomic mass is 32.1. The lowest BCUT2D eigenvalue weighted by atomic mass is 9.67. The zero-order valence-electron chi connectivity index (χ0n) is 48.5. The zero-order chi connectivity index (χ0) is 58.8. The van der Waals surface area contributed by atoms with Gasteiger partial charge in [-0.25, -0.2) is 0 Å². The first kappa shape index (κ1) is 52.4. The molecule has 1 aliphatic rings. The summed E-state index contributed by atoms with van der Waals surface area (Å²) in [5.74, 6) is 0. The molecule has 0 atom stereocenters. The van der Waals surface area contributed by atoms with Gasteiger partial charge in [-0.1, -0.05) is 279 Å². The maximum absolute atomic E-state index is 2.52. The molecule has 0 amide bonds. The summed E-state index contributed by atoms with van der Waals surface area (Å²) in [6.07, 6.45) is 0. The van der Waals surface area contributed by atoms with E-state index in [0.717, 1.165) is 34.1 Å². The fraction of sp³-hybridized carbons (Fsp3) is 0.0118. The monoisotopic (exact) mass is 1170 g/mol. The normalized spacial score (nSPS) is 12.4. The first-order valence-electron chi connectivity index (χ1n) is 30.5. The molecule has 4 heteroatoms. The van der Waals surface area contributed by atoms with Gasteiger partial charge in [0, 0.05) is 74.6 Å². The fourth-order valence-corrected chi connectivity index (χ4v) is 16.7. The molecule has 1 aliphatic carbocycles. The second kappa shape index (κ2) is 21.8. The van der Waals surface area contributed by atoms with Gasteiger partial charge < -0.3 is 9.80 Å². The second-order valence-corrected chi connectivity index (χ2v) is 25.2. The summed E-state index contributed by atoms with van der Waals surface area (Å²) in [6, 6.07) is 126. The standard InChI is InChI=1S/C85H56N2S2/c1-7-27-59(28-8-1)81-73-51-47-67(55-79(73)88-83(81)61-31-11-3-12-32-61)86(77-43-23-35-57-25-19-21-41-69(57)77)65-45-49-71-72-50-46-66(54-76(72)85(75(71)53-65,63-37-15-5-16-38-63)64-39-17-6-18-40-64)87(78-44-24-36-58-26-20-22-42-70(58)78)68-48-52-74-80(56-68)89-84(62-33-13-4-14-34-62)82(74)60-29-9-2-10-30-60/h1-56H. The highest BCUT2D eigenvalue weighted by Gasteiger charge is 2.47. The topological polar surface area (TPSA) is 6.48 Å². The summed E-state index contributed by atoms with van der Waals surface area (Å²) in [5.41, 5.74) is 20.6. The molecule has 0 saturated carbocycles. The van der Waals surface area contributed by atoms with Crippen LogP contribution in [0.15, 0.2) is 340 Å². The van der Waals surface area contributed by atoms with Gasteiger partial charge in [0.05, 0.1) is 16.8 Å². The van der Waals surface area contributed by atoms with Crippen molar-refractivity contribution in [2.75, 3.05) is 9.80 Å². The molecule has 0 aliphatic heterocycles. The molecule has 0 radical (unpaired) electrons. The molecule has 2 heterocycles. The lowest BCUT2D eigenvalue weighted by Crippen LogP contribution is -2.29. The Balaban J connectivity index is 0.895. The van der Waals surface area contributed by atoms with Crippen molar-refractivity contribution in [1.82, 2.24) is 0 Å². The van der Waals surface area contributed by atoms with Gasteiger partial charge in [0.25, 0.3) is 0 Å². The summed E-state index contributed by atoms with van der Waals surface area (Å²) in [7, 11) is 0. The van der Waals surface area contributed by atoms with Gasteiger partial charge in [-0.3, -0.25) is 0 Å².